The second-order valence-corrected chi connectivity index (χ2v) is 7.38. The van der Waals surface area contributed by atoms with E-state index in [9.17, 15) is 8.42 Å². The molecule has 0 aliphatic carbocycles. The summed E-state index contributed by atoms with van der Waals surface area (Å²) in [4.78, 5) is 4.37. The third kappa shape index (κ3) is 2.84. The van der Waals surface area contributed by atoms with Gasteiger partial charge in [-0.2, -0.15) is 4.31 Å². The number of hydrogen-bond donors (Lipinski definition) is 1. The van der Waals surface area contributed by atoms with E-state index in [1.54, 1.807) is 34.9 Å². The number of benzene rings is 1. The molecule has 0 amide bonds. The second kappa shape index (κ2) is 6.06. The first-order valence-corrected chi connectivity index (χ1v) is 8.80. The van der Waals surface area contributed by atoms with Gasteiger partial charge in [-0.05, 0) is 42.7 Å². The van der Waals surface area contributed by atoms with E-state index in [0.29, 0.717) is 12.2 Å². The first-order valence-electron chi connectivity index (χ1n) is 7.36. The van der Waals surface area contributed by atoms with Gasteiger partial charge in [0.25, 0.3) is 0 Å². The summed E-state index contributed by atoms with van der Waals surface area (Å²) in [5.41, 5.74) is 7.13. The smallest absolute Gasteiger partial charge is 0.243 e. The minimum Gasteiger partial charge on any atom is -0.399 e. The number of pyridine rings is 1. The van der Waals surface area contributed by atoms with E-state index in [0.717, 1.165) is 24.8 Å². The summed E-state index contributed by atoms with van der Waals surface area (Å²) in [7, 11) is -3.56. The molecule has 2 aromatic rings. The highest BCUT2D eigenvalue weighted by atomic mass is 32.2. The van der Waals surface area contributed by atoms with Crippen molar-refractivity contribution in [1.29, 1.82) is 0 Å². The Bertz CT molecular complexity index is 747. The average molecular weight is 317 g/mol. The summed E-state index contributed by atoms with van der Waals surface area (Å²) < 4.78 is 27.5. The minimum atomic E-state index is -3.56. The monoisotopic (exact) mass is 317 g/mol. The van der Waals surface area contributed by atoms with Crippen LogP contribution >= 0.6 is 0 Å². The molecular weight excluding hydrogens is 298 g/mol. The molecule has 5 nitrogen and oxygen atoms in total. The largest absolute Gasteiger partial charge is 0.399 e. The number of hydrogen-bond acceptors (Lipinski definition) is 4. The molecular formula is C16H19N3O2S. The number of nitrogens with zero attached hydrogens (tertiary/aromatic N) is 2. The molecule has 0 unspecified atom stereocenters. The lowest BCUT2D eigenvalue weighted by Crippen LogP contribution is -2.38. The van der Waals surface area contributed by atoms with Crippen molar-refractivity contribution in [1.82, 2.24) is 9.29 Å². The summed E-state index contributed by atoms with van der Waals surface area (Å²) in [6, 6.07) is 10.1. The maximum atomic E-state index is 13.0. The van der Waals surface area contributed by atoms with Crippen molar-refractivity contribution in [3.05, 3.63) is 54.4 Å². The van der Waals surface area contributed by atoms with Crippen molar-refractivity contribution in [3.63, 3.8) is 0 Å². The van der Waals surface area contributed by atoms with Gasteiger partial charge in [-0.3, -0.25) is 4.98 Å². The molecule has 1 aromatic heterocycles. The predicted octanol–water partition coefficient (Wildman–Crippen LogP) is 2.58. The van der Waals surface area contributed by atoms with Crippen molar-refractivity contribution >= 4 is 15.7 Å². The lowest BCUT2D eigenvalue weighted by Gasteiger charge is -2.34. The standard InChI is InChI=1S/C16H19N3O2S/c17-14-6-3-7-15(11-14)22(20,21)19-10-2-1-8-16(19)13-5-4-9-18-12-13/h3-7,9,11-12,16H,1-2,8,10,17H2/t16-/m1/s1. The van der Waals surface area contributed by atoms with Crippen LogP contribution in [0.25, 0.3) is 0 Å². The second-order valence-electron chi connectivity index (χ2n) is 5.49. The van der Waals surface area contributed by atoms with E-state index in [-0.39, 0.29) is 10.9 Å². The molecule has 0 spiro atoms. The normalized spacial score (nSPS) is 19.9. The van der Waals surface area contributed by atoms with Crippen LogP contribution in [0.1, 0.15) is 30.9 Å². The van der Waals surface area contributed by atoms with Crippen molar-refractivity contribution in [2.24, 2.45) is 0 Å². The molecule has 1 aromatic carbocycles. The summed E-state index contributed by atoms with van der Waals surface area (Å²) in [5, 5.41) is 0. The van der Waals surface area contributed by atoms with Gasteiger partial charge in [0.1, 0.15) is 0 Å². The van der Waals surface area contributed by atoms with Gasteiger partial charge >= 0.3 is 0 Å². The SMILES string of the molecule is Nc1cccc(S(=O)(=O)N2CCCC[C@@H]2c2cccnc2)c1. The zero-order chi connectivity index (χ0) is 15.6. The number of piperidine rings is 1. The van der Waals surface area contributed by atoms with Gasteiger partial charge in [-0.15, -0.1) is 0 Å². The molecule has 2 heterocycles. The van der Waals surface area contributed by atoms with E-state index >= 15 is 0 Å². The Hall–Kier alpha value is -1.92. The van der Waals surface area contributed by atoms with Crippen LogP contribution in [-0.2, 0) is 10.0 Å². The first kappa shape index (κ1) is 15.0. The molecule has 22 heavy (non-hydrogen) atoms. The Labute approximate surface area is 130 Å². The highest BCUT2D eigenvalue weighted by Crippen LogP contribution is 2.35. The molecule has 3 rings (SSSR count). The summed E-state index contributed by atoms with van der Waals surface area (Å²) in [5.74, 6) is 0. The highest BCUT2D eigenvalue weighted by molar-refractivity contribution is 7.89. The number of rotatable bonds is 3. The minimum absolute atomic E-state index is 0.158. The van der Waals surface area contributed by atoms with Crippen LogP contribution in [0.5, 0.6) is 0 Å². The maximum absolute atomic E-state index is 13.0. The number of anilines is 1. The third-order valence-electron chi connectivity index (χ3n) is 3.99. The molecule has 1 saturated heterocycles. The van der Waals surface area contributed by atoms with Crippen molar-refractivity contribution in [2.45, 2.75) is 30.2 Å². The fourth-order valence-electron chi connectivity index (χ4n) is 2.91. The van der Waals surface area contributed by atoms with E-state index in [1.165, 1.54) is 6.07 Å². The zero-order valence-corrected chi connectivity index (χ0v) is 13.0. The van der Waals surface area contributed by atoms with Crippen LogP contribution in [0.4, 0.5) is 5.69 Å². The lowest BCUT2D eigenvalue weighted by atomic mass is 9.99. The van der Waals surface area contributed by atoms with Gasteiger partial charge < -0.3 is 5.73 Å². The summed E-state index contributed by atoms with van der Waals surface area (Å²) in [6.07, 6.45) is 6.15. The Balaban J connectivity index is 2.00. The van der Waals surface area contributed by atoms with Gasteiger partial charge in [0.05, 0.1) is 10.9 Å². The molecule has 0 bridgehead atoms. The number of sulfonamides is 1. The van der Waals surface area contributed by atoms with Crippen molar-refractivity contribution < 1.29 is 8.42 Å². The van der Waals surface area contributed by atoms with Crippen molar-refractivity contribution in [2.75, 3.05) is 12.3 Å². The van der Waals surface area contributed by atoms with E-state index in [2.05, 4.69) is 4.98 Å². The topological polar surface area (TPSA) is 76.3 Å². The molecule has 1 aliphatic rings. The fourth-order valence-corrected chi connectivity index (χ4v) is 4.65. The van der Waals surface area contributed by atoms with Crippen LogP contribution in [0, 0.1) is 0 Å². The van der Waals surface area contributed by atoms with Crippen LogP contribution in [0.15, 0.2) is 53.7 Å². The summed E-state index contributed by atoms with van der Waals surface area (Å²) >= 11 is 0. The fraction of sp³-hybridized carbons (Fsp3) is 0.312. The molecule has 116 valence electrons. The first-order chi connectivity index (χ1) is 10.6. The molecule has 2 N–H and O–H groups in total. The van der Waals surface area contributed by atoms with Crippen LogP contribution in [0.3, 0.4) is 0 Å². The van der Waals surface area contributed by atoms with Crippen LogP contribution in [0.2, 0.25) is 0 Å². The molecule has 1 atom stereocenters. The Kier molecular flexibility index (Phi) is 4.13. The van der Waals surface area contributed by atoms with Gasteiger partial charge in [0, 0.05) is 24.6 Å². The number of nitrogens with two attached hydrogens (primary N) is 1. The summed E-state index contributed by atoms with van der Waals surface area (Å²) in [6.45, 7) is 0.524. The number of aromatic nitrogens is 1. The van der Waals surface area contributed by atoms with Crippen LogP contribution in [-0.4, -0.2) is 24.3 Å². The van der Waals surface area contributed by atoms with Gasteiger partial charge in [0.2, 0.25) is 10.0 Å². The van der Waals surface area contributed by atoms with E-state index < -0.39 is 10.0 Å². The predicted molar refractivity (Wildman–Crippen MR) is 85.6 cm³/mol. The molecule has 1 aliphatic heterocycles. The maximum Gasteiger partial charge on any atom is 0.243 e. The van der Waals surface area contributed by atoms with Gasteiger partial charge in [0.15, 0.2) is 0 Å². The lowest BCUT2D eigenvalue weighted by molar-refractivity contribution is 0.255. The van der Waals surface area contributed by atoms with Gasteiger partial charge in [-0.1, -0.05) is 18.6 Å². The molecule has 0 saturated carbocycles. The third-order valence-corrected chi connectivity index (χ3v) is 5.89. The van der Waals surface area contributed by atoms with Crippen molar-refractivity contribution in [3.8, 4) is 0 Å². The molecule has 0 radical (unpaired) electrons. The quantitative estimate of drug-likeness (QED) is 0.883. The van der Waals surface area contributed by atoms with E-state index in [4.69, 9.17) is 5.73 Å². The Morgan fingerprint density at radius 3 is 2.77 bits per heavy atom. The van der Waals surface area contributed by atoms with Gasteiger partial charge in [-0.25, -0.2) is 8.42 Å². The zero-order valence-electron chi connectivity index (χ0n) is 12.2. The number of nitrogen functional groups attached to an aromatic ring is 1. The highest BCUT2D eigenvalue weighted by Gasteiger charge is 2.34. The average Bonchev–Trinajstić information content (AvgIpc) is 2.56. The molecule has 1 fully saturated rings. The van der Waals surface area contributed by atoms with E-state index in [1.807, 2.05) is 12.1 Å². The Morgan fingerprint density at radius 1 is 1.18 bits per heavy atom. The molecule has 6 heteroatoms. The Morgan fingerprint density at radius 2 is 2.05 bits per heavy atom. The van der Waals surface area contributed by atoms with Crippen LogP contribution < -0.4 is 5.73 Å².